The first-order valence-electron chi connectivity index (χ1n) is 8.67. The van der Waals surface area contributed by atoms with Gasteiger partial charge in [0.15, 0.2) is 0 Å². The molecule has 0 spiro atoms. The van der Waals surface area contributed by atoms with E-state index in [9.17, 15) is 14.0 Å². The van der Waals surface area contributed by atoms with Gasteiger partial charge in [-0.15, -0.1) is 0 Å². The van der Waals surface area contributed by atoms with Gasteiger partial charge >= 0.3 is 0 Å². The first kappa shape index (κ1) is 17.0. The van der Waals surface area contributed by atoms with Crippen molar-refractivity contribution in [2.45, 2.75) is 6.42 Å². The Morgan fingerprint density at radius 2 is 1.96 bits per heavy atom. The summed E-state index contributed by atoms with van der Waals surface area (Å²) in [6, 6.07) is 13.5. The molecule has 5 nitrogen and oxygen atoms in total. The van der Waals surface area contributed by atoms with Gasteiger partial charge in [0, 0.05) is 36.1 Å². The van der Waals surface area contributed by atoms with Crippen LogP contribution < -0.4 is 10.9 Å². The van der Waals surface area contributed by atoms with Gasteiger partial charge in [0.05, 0.1) is 0 Å². The van der Waals surface area contributed by atoms with E-state index in [0.29, 0.717) is 24.0 Å². The van der Waals surface area contributed by atoms with Gasteiger partial charge < -0.3 is 14.9 Å². The fraction of sp³-hybridized carbons (Fsp3) is 0.143. The molecular weight excluding hydrogens is 345 g/mol. The smallest absolute Gasteiger partial charge is 0.268 e. The SMILES string of the molecule is Cn1c(C(=O)NCCc2c[nH]c3ccc(F)cc23)cc2ccccc2c1=O. The van der Waals surface area contributed by atoms with Crippen molar-refractivity contribution < 1.29 is 9.18 Å². The molecule has 2 aromatic carbocycles. The van der Waals surface area contributed by atoms with Crippen LogP contribution in [0.25, 0.3) is 21.7 Å². The predicted molar refractivity (Wildman–Crippen MR) is 103 cm³/mol. The summed E-state index contributed by atoms with van der Waals surface area (Å²) >= 11 is 0. The Balaban J connectivity index is 1.53. The molecule has 0 atom stereocenters. The Morgan fingerprint density at radius 1 is 1.15 bits per heavy atom. The van der Waals surface area contributed by atoms with E-state index in [1.807, 2.05) is 18.3 Å². The molecule has 4 rings (SSSR count). The molecule has 2 aromatic heterocycles. The molecule has 27 heavy (non-hydrogen) atoms. The number of pyridine rings is 1. The van der Waals surface area contributed by atoms with Crippen LogP contribution in [0.5, 0.6) is 0 Å². The Hall–Kier alpha value is -3.41. The number of halogens is 1. The lowest BCUT2D eigenvalue weighted by Gasteiger charge is -2.10. The third-order valence-corrected chi connectivity index (χ3v) is 4.79. The van der Waals surface area contributed by atoms with Gasteiger partial charge in [-0.3, -0.25) is 9.59 Å². The molecule has 2 N–H and O–H groups in total. The lowest BCUT2D eigenvalue weighted by atomic mass is 10.1. The highest BCUT2D eigenvalue weighted by atomic mass is 19.1. The van der Waals surface area contributed by atoms with Crippen molar-refractivity contribution in [3.8, 4) is 0 Å². The molecule has 0 aliphatic rings. The highest BCUT2D eigenvalue weighted by Gasteiger charge is 2.13. The minimum absolute atomic E-state index is 0.203. The Labute approximate surface area is 154 Å². The fourth-order valence-corrected chi connectivity index (χ4v) is 3.33. The second-order valence-electron chi connectivity index (χ2n) is 6.49. The Kier molecular flexibility index (Phi) is 4.24. The molecule has 0 saturated carbocycles. The van der Waals surface area contributed by atoms with E-state index < -0.39 is 0 Å². The van der Waals surface area contributed by atoms with Crippen LogP contribution in [0.2, 0.25) is 0 Å². The van der Waals surface area contributed by atoms with Gasteiger partial charge in [0.1, 0.15) is 11.5 Å². The van der Waals surface area contributed by atoms with E-state index in [1.54, 1.807) is 31.3 Å². The highest BCUT2D eigenvalue weighted by molar-refractivity contribution is 5.96. The first-order valence-corrected chi connectivity index (χ1v) is 8.67. The monoisotopic (exact) mass is 363 g/mol. The van der Waals surface area contributed by atoms with Gasteiger partial charge in [0.2, 0.25) is 0 Å². The minimum atomic E-state index is -0.314. The number of aromatic amines is 1. The number of hydrogen-bond acceptors (Lipinski definition) is 2. The molecule has 0 radical (unpaired) electrons. The number of nitrogens with one attached hydrogen (secondary N) is 2. The summed E-state index contributed by atoms with van der Waals surface area (Å²) in [5, 5.41) is 4.97. The van der Waals surface area contributed by atoms with Crippen molar-refractivity contribution in [1.29, 1.82) is 0 Å². The number of fused-ring (bicyclic) bond motifs is 2. The summed E-state index contributed by atoms with van der Waals surface area (Å²) in [7, 11) is 1.59. The van der Waals surface area contributed by atoms with E-state index >= 15 is 0 Å². The van der Waals surface area contributed by atoms with E-state index in [1.165, 1.54) is 16.7 Å². The minimum Gasteiger partial charge on any atom is -0.361 e. The van der Waals surface area contributed by atoms with Crippen molar-refractivity contribution in [2.75, 3.05) is 6.54 Å². The van der Waals surface area contributed by atoms with Gasteiger partial charge in [-0.25, -0.2) is 4.39 Å². The molecule has 0 unspecified atom stereocenters. The van der Waals surface area contributed by atoms with Crippen molar-refractivity contribution in [3.05, 3.63) is 82.2 Å². The van der Waals surface area contributed by atoms with Crippen molar-refractivity contribution in [3.63, 3.8) is 0 Å². The third-order valence-electron chi connectivity index (χ3n) is 4.79. The summed E-state index contributed by atoms with van der Waals surface area (Å²) < 4.78 is 14.8. The number of nitrogens with zero attached hydrogens (tertiary/aromatic N) is 1. The Morgan fingerprint density at radius 3 is 2.81 bits per heavy atom. The predicted octanol–water partition coefficient (Wildman–Crippen LogP) is 3.13. The number of carbonyl (C=O) groups excluding carboxylic acids is 1. The quantitative estimate of drug-likeness (QED) is 0.585. The van der Waals surface area contributed by atoms with Crippen LogP contribution in [-0.2, 0) is 13.5 Å². The van der Waals surface area contributed by atoms with Gasteiger partial charge in [-0.05, 0) is 47.7 Å². The van der Waals surface area contributed by atoms with E-state index in [0.717, 1.165) is 21.9 Å². The zero-order valence-electron chi connectivity index (χ0n) is 14.8. The number of amides is 1. The molecule has 0 aliphatic carbocycles. The summed E-state index contributed by atoms with van der Waals surface area (Å²) in [5.74, 6) is -0.607. The average molecular weight is 363 g/mol. The summed E-state index contributed by atoms with van der Waals surface area (Å²) in [6.45, 7) is 0.378. The Bertz CT molecular complexity index is 1220. The fourth-order valence-electron chi connectivity index (χ4n) is 3.33. The molecule has 1 amide bonds. The average Bonchev–Trinajstić information content (AvgIpc) is 3.06. The van der Waals surface area contributed by atoms with Crippen LogP contribution in [0.15, 0.2) is 59.5 Å². The van der Waals surface area contributed by atoms with Gasteiger partial charge in [0.25, 0.3) is 11.5 Å². The second-order valence-corrected chi connectivity index (χ2v) is 6.49. The summed E-state index contributed by atoms with van der Waals surface area (Å²) in [4.78, 5) is 28.1. The lowest BCUT2D eigenvalue weighted by molar-refractivity contribution is 0.0945. The van der Waals surface area contributed by atoms with Crippen LogP contribution in [0.3, 0.4) is 0 Å². The first-order chi connectivity index (χ1) is 13.0. The molecule has 0 bridgehead atoms. The largest absolute Gasteiger partial charge is 0.361 e. The van der Waals surface area contributed by atoms with E-state index in [4.69, 9.17) is 0 Å². The summed E-state index contributed by atoms with van der Waals surface area (Å²) in [6.07, 6.45) is 2.37. The van der Waals surface area contributed by atoms with Gasteiger partial charge in [-0.1, -0.05) is 18.2 Å². The van der Waals surface area contributed by atoms with Crippen LogP contribution in [0.4, 0.5) is 4.39 Å². The van der Waals surface area contributed by atoms with Crippen LogP contribution in [0.1, 0.15) is 16.1 Å². The maximum Gasteiger partial charge on any atom is 0.268 e. The number of benzene rings is 2. The van der Waals surface area contributed by atoms with Crippen molar-refractivity contribution in [1.82, 2.24) is 14.9 Å². The number of rotatable bonds is 4. The standard InChI is InChI=1S/C21H18FN3O2/c1-25-19(10-13-4-2-3-5-16(13)21(25)27)20(26)23-9-8-14-12-24-18-7-6-15(22)11-17(14)18/h2-7,10-12,24H,8-9H2,1H3,(H,23,26). The second kappa shape index (κ2) is 6.72. The zero-order valence-corrected chi connectivity index (χ0v) is 14.8. The lowest BCUT2D eigenvalue weighted by Crippen LogP contribution is -2.32. The normalized spacial score (nSPS) is 11.2. The molecule has 2 heterocycles. The number of hydrogen-bond donors (Lipinski definition) is 2. The molecule has 4 aromatic rings. The van der Waals surface area contributed by atoms with E-state index in [2.05, 4.69) is 10.3 Å². The van der Waals surface area contributed by atoms with Crippen molar-refractivity contribution in [2.24, 2.45) is 7.05 Å². The van der Waals surface area contributed by atoms with Gasteiger partial charge in [-0.2, -0.15) is 0 Å². The molecule has 136 valence electrons. The maximum atomic E-state index is 13.5. The topological polar surface area (TPSA) is 66.9 Å². The zero-order chi connectivity index (χ0) is 19.0. The molecule has 0 saturated heterocycles. The molecule has 6 heteroatoms. The highest BCUT2D eigenvalue weighted by Crippen LogP contribution is 2.19. The number of aromatic nitrogens is 2. The van der Waals surface area contributed by atoms with E-state index in [-0.39, 0.29) is 17.3 Å². The summed E-state index contributed by atoms with van der Waals surface area (Å²) in [5.41, 5.74) is 1.89. The number of carbonyl (C=O) groups is 1. The molecule has 0 fully saturated rings. The van der Waals surface area contributed by atoms with Crippen molar-refractivity contribution >= 4 is 27.6 Å². The molecule has 0 aliphatic heterocycles. The van der Waals surface area contributed by atoms with Crippen LogP contribution in [-0.4, -0.2) is 22.0 Å². The van der Waals surface area contributed by atoms with Crippen LogP contribution >= 0.6 is 0 Å². The van der Waals surface area contributed by atoms with Crippen LogP contribution in [0, 0.1) is 5.82 Å². The third kappa shape index (κ3) is 3.10. The maximum absolute atomic E-state index is 13.5. The molecular formula is C21H18FN3O2. The number of H-pyrrole nitrogens is 1.